The monoisotopic (exact) mass is 263 g/mol. The lowest BCUT2D eigenvalue weighted by atomic mass is 9.69. The Morgan fingerprint density at radius 2 is 2.00 bits per heavy atom. The van der Waals surface area contributed by atoms with Crippen molar-refractivity contribution in [3.8, 4) is 11.4 Å². The van der Waals surface area contributed by atoms with Gasteiger partial charge in [0.15, 0.2) is 0 Å². The predicted octanol–water partition coefficient (Wildman–Crippen LogP) is 2.77. The highest BCUT2D eigenvalue weighted by atomic mass is 35.5. The molecule has 0 saturated heterocycles. The maximum absolute atomic E-state index is 5.85. The minimum atomic E-state index is -0.0856. The summed E-state index contributed by atoms with van der Waals surface area (Å²) in [6, 6.07) is 7.39. The summed E-state index contributed by atoms with van der Waals surface area (Å²) in [6.07, 6.45) is 3.24. The lowest BCUT2D eigenvalue weighted by Gasteiger charge is -2.36. The largest absolute Gasteiger partial charge is 0.338 e. The first-order valence-electron chi connectivity index (χ1n) is 6.04. The van der Waals surface area contributed by atoms with E-state index in [-0.39, 0.29) is 5.41 Å². The average molecular weight is 264 g/mol. The van der Waals surface area contributed by atoms with Crippen LogP contribution in [0.15, 0.2) is 28.8 Å². The summed E-state index contributed by atoms with van der Waals surface area (Å²) in [6.45, 7) is 0.565. The summed E-state index contributed by atoms with van der Waals surface area (Å²) >= 11 is 5.85. The van der Waals surface area contributed by atoms with Crippen LogP contribution < -0.4 is 5.73 Å². The van der Waals surface area contributed by atoms with Gasteiger partial charge in [-0.25, -0.2) is 0 Å². The number of hydrogen-bond acceptors (Lipinski definition) is 4. The molecule has 1 aliphatic carbocycles. The fourth-order valence-corrected chi connectivity index (χ4v) is 2.39. The molecule has 0 aliphatic heterocycles. The van der Waals surface area contributed by atoms with Gasteiger partial charge in [0.05, 0.1) is 5.41 Å². The van der Waals surface area contributed by atoms with Crippen LogP contribution in [0, 0.1) is 0 Å². The Hall–Kier alpha value is -1.39. The average Bonchev–Trinajstić information content (AvgIpc) is 2.79. The van der Waals surface area contributed by atoms with Crippen LogP contribution in [0.1, 0.15) is 25.2 Å². The fraction of sp³-hybridized carbons (Fsp3) is 0.385. The second kappa shape index (κ2) is 4.37. The van der Waals surface area contributed by atoms with Gasteiger partial charge < -0.3 is 10.3 Å². The van der Waals surface area contributed by atoms with Crippen molar-refractivity contribution in [2.24, 2.45) is 5.73 Å². The molecule has 0 atom stereocenters. The molecular weight excluding hydrogens is 250 g/mol. The maximum atomic E-state index is 5.85. The first-order chi connectivity index (χ1) is 8.73. The van der Waals surface area contributed by atoms with Gasteiger partial charge in [0.25, 0.3) is 0 Å². The van der Waals surface area contributed by atoms with Crippen LogP contribution in [0.3, 0.4) is 0 Å². The number of hydrogen-bond donors (Lipinski definition) is 1. The minimum absolute atomic E-state index is 0.0856. The van der Waals surface area contributed by atoms with Crippen LogP contribution in [-0.2, 0) is 5.41 Å². The van der Waals surface area contributed by atoms with Crippen LogP contribution in [0.4, 0.5) is 0 Å². The van der Waals surface area contributed by atoms with E-state index in [9.17, 15) is 0 Å². The zero-order valence-electron chi connectivity index (χ0n) is 9.90. The van der Waals surface area contributed by atoms with Crippen LogP contribution in [-0.4, -0.2) is 16.7 Å². The molecule has 1 heterocycles. The van der Waals surface area contributed by atoms with Gasteiger partial charge in [0, 0.05) is 17.1 Å². The van der Waals surface area contributed by atoms with Gasteiger partial charge in [-0.15, -0.1) is 0 Å². The smallest absolute Gasteiger partial charge is 0.234 e. The van der Waals surface area contributed by atoms with Gasteiger partial charge in [-0.2, -0.15) is 4.98 Å². The summed E-state index contributed by atoms with van der Waals surface area (Å²) in [5.41, 5.74) is 6.64. The van der Waals surface area contributed by atoms with Crippen LogP contribution in [0.5, 0.6) is 0 Å². The maximum Gasteiger partial charge on any atom is 0.234 e. The van der Waals surface area contributed by atoms with E-state index >= 15 is 0 Å². The van der Waals surface area contributed by atoms with Crippen molar-refractivity contribution >= 4 is 11.6 Å². The summed E-state index contributed by atoms with van der Waals surface area (Å²) in [4.78, 5) is 4.47. The highest BCUT2D eigenvalue weighted by Gasteiger charge is 2.42. The van der Waals surface area contributed by atoms with Gasteiger partial charge in [-0.3, -0.25) is 0 Å². The molecular formula is C13H14ClN3O. The molecule has 94 valence electrons. The van der Waals surface area contributed by atoms with Crippen molar-refractivity contribution < 1.29 is 4.52 Å². The zero-order chi connectivity index (χ0) is 12.6. The molecule has 1 aromatic heterocycles. The van der Waals surface area contributed by atoms with Crippen molar-refractivity contribution in [1.82, 2.24) is 10.1 Å². The third kappa shape index (κ3) is 1.82. The summed E-state index contributed by atoms with van der Waals surface area (Å²) < 4.78 is 5.37. The van der Waals surface area contributed by atoms with E-state index in [0.29, 0.717) is 23.3 Å². The van der Waals surface area contributed by atoms with Gasteiger partial charge in [0.1, 0.15) is 0 Å². The molecule has 18 heavy (non-hydrogen) atoms. The number of nitrogens with two attached hydrogens (primary N) is 1. The molecule has 2 aromatic rings. The fourth-order valence-electron chi connectivity index (χ4n) is 2.26. The molecule has 0 unspecified atom stereocenters. The van der Waals surface area contributed by atoms with Gasteiger partial charge in [-0.1, -0.05) is 23.2 Å². The first-order valence-corrected chi connectivity index (χ1v) is 6.41. The van der Waals surface area contributed by atoms with Crippen molar-refractivity contribution in [2.45, 2.75) is 24.7 Å². The third-order valence-corrected chi connectivity index (χ3v) is 3.94. The Labute approximate surface area is 110 Å². The molecule has 0 radical (unpaired) electrons. The molecule has 1 aromatic carbocycles. The van der Waals surface area contributed by atoms with Crippen LogP contribution in [0.25, 0.3) is 11.4 Å². The van der Waals surface area contributed by atoms with Crippen LogP contribution in [0.2, 0.25) is 5.02 Å². The SMILES string of the molecule is NCC1(c2nc(-c3ccc(Cl)cc3)no2)CCC1. The third-order valence-electron chi connectivity index (χ3n) is 3.68. The summed E-state index contributed by atoms with van der Waals surface area (Å²) in [5.74, 6) is 1.27. The van der Waals surface area contributed by atoms with E-state index in [1.54, 1.807) is 0 Å². The Kier molecular flexibility index (Phi) is 2.84. The molecule has 2 N–H and O–H groups in total. The van der Waals surface area contributed by atoms with E-state index in [1.807, 2.05) is 24.3 Å². The molecule has 1 saturated carbocycles. The van der Waals surface area contributed by atoms with E-state index < -0.39 is 0 Å². The number of aromatic nitrogens is 2. The van der Waals surface area contributed by atoms with Crippen molar-refractivity contribution in [3.63, 3.8) is 0 Å². The quantitative estimate of drug-likeness (QED) is 0.925. The lowest BCUT2D eigenvalue weighted by molar-refractivity contribution is 0.182. The number of benzene rings is 1. The van der Waals surface area contributed by atoms with Gasteiger partial charge in [0.2, 0.25) is 11.7 Å². The van der Waals surface area contributed by atoms with E-state index in [4.69, 9.17) is 21.9 Å². The Morgan fingerprint density at radius 1 is 1.28 bits per heavy atom. The van der Waals surface area contributed by atoms with E-state index in [0.717, 1.165) is 18.4 Å². The topological polar surface area (TPSA) is 64.9 Å². The Balaban J connectivity index is 1.91. The number of rotatable bonds is 3. The van der Waals surface area contributed by atoms with Crippen LogP contribution >= 0.6 is 11.6 Å². The molecule has 3 rings (SSSR count). The molecule has 0 amide bonds. The predicted molar refractivity (Wildman–Crippen MR) is 69.3 cm³/mol. The van der Waals surface area contributed by atoms with E-state index in [1.165, 1.54) is 6.42 Å². The van der Waals surface area contributed by atoms with E-state index in [2.05, 4.69) is 10.1 Å². The van der Waals surface area contributed by atoms with Crippen molar-refractivity contribution in [2.75, 3.05) is 6.54 Å². The molecule has 5 heteroatoms. The zero-order valence-corrected chi connectivity index (χ0v) is 10.7. The Bertz CT molecular complexity index is 540. The minimum Gasteiger partial charge on any atom is -0.338 e. The molecule has 1 fully saturated rings. The standard InChI is InChI=1S/C13H14ClN3O/c14-10-4-2-9(3-5-10)11-16-12(18-17-11)13(8-15)6-1-7-13/h2-5H,1,6-8,15H2. The normalized spacial score (nSPS) is 17.4. The molecule has 0 spiro atoms. The second-order valence-electron chi connectivity index (χ2n) is 4.77. The molecule has 1 aliphatic rings. The first kappa shape index (κ1) is 11.7. The Morgan fingerprint density at radius 3 is 2.56 bits per heavy atom. The van der Waals surface area contributed by atoms with Crippen molar-refractivity contribution in [1.29, 1.82) is 0 Å². The summed E-state index contributed by atoms with van der Waals surface area (Å²) in [7, 11) is 0. The highest BCUT2D eigenvalue weighted by Crippen LogP contribution is 2.42. The van der Waals surface area contributed by atoms with Gasteiger partial charge in [-0.05, 0) is 37.1 Å². The number of nitrogens with zero attached hydrogens (tertiary/aromatic N) is 2. The molecule has 4 nitrogen and oxygen atoms in total. The highest BCUT2D eigenvalue weighted by molar-refractivity contribution is 6.30. The lowest BCUT2D eigenvalue weighted by Crippen LogP contribution is -2.41. The second-order valence-corrected chi connectivity index (χ2v) is 5.20. The molecule has 0 bridgehead atoms. The van der Waals surface area contributed by atoms with Crippen molar-refractivity contribution in [3.05, 3.63) is 35.2 Å². The number of halogens is 1. The summed E-state index contributed by atoms with van der Waals surface area (Å²) in [5, 5.41) is 4.72. The van der Waals surface area contributed by atoms with Gasteiger partial charge >= 0.3 is 0 Å².